The molecular formula is C18H25ClN4O2. The quantitative estimate of drug-likeness (QED) is 0.906. The third kappa shape index (κ3) is 4.02. The van der Waals surface area contributed by atoms with Crippen LogP contribution >= 0.6 is 12.4 Å². The number of nitrogens with zero attached hydrogens (tertiary/aromatic N) is 3. The molecule has 3 rings (SSSR count). The summed E-state index contributed by atoms with van der Waals surface area (Å²) in [6.45, 7) is 7.86. The molecule has 6 nitrogen and oxygen atoms in total. The molecule has 1 N–H and O–H groups in total. The number of carbonyl (C=O) groups excluding carboxylic acids is 1. The Morgan fingerprint density at radius 1 is 1.32 bits per heavy atom. The first kappa shape index (κ1) is 19.4. The van der Waals surface area contributed by atoms with Crippen LogP contribution in [0.15, 0.2) is 28.8 Å². The monoisotopic (exact) mass is 364 g/mol. The Kier molecular flexibility index (Phi) is 5.85. The number of amides is 1. The van der Waals surface area contributed by atoms with Crippen molar-refractivity contribution in [2.24, 2.45) is 0 Å². The van der Waals surface area contributed by atoms with Crippen molar-refractivity contribution < 1.29 is 9.32 Å². The van der Waals surface area contributed by atoms with Gasteiger partial charge in [-0.25, -0.2) is 0 Å². The lowest BCUT2D eigenvalue weighted by molar-refractivity contribution is 0.0744. The SMILES string of the molecule is CN(C(=O)c1ccccc1-c1nc(C(C)(C)C)no1)C1CCNC1.Cl. The molecule has 0 bridgehead atoms. The van der Waals surface area contributed by atoms with Crippen molar-refractivity contribution in [3.8, 4) is 11.5 Å². The van der Waals surface area contributed by atoms with Gasteiger partial charge in [0.25, 0.3) is 11.8 Å². The highest BCUT2D eigenvalue weighted by Gasteiger charge is 2.28. The smallest absolute Gasteiger partial charge is 0.258 e. The lowest BCUT2D eigenvalue weighted by atomic mass is 9.96. The zero-order valence-corrected chi connectivity index (χ0v) is 15.9. The minimum Gasteiger partial charge on any atom is -0.337 e. The summed E-state index contributed by atoms with van der Waals surface area (Å²) in [6, 6.07) is 7.63. The van der Waals surface area contributed by atoms with Crippen LogP contribution in [0, 0.1) is 0 Å². The summed E-state index contributed by atoms with van der Waals surface area (Å²) in [5.74, 6) is 1.00. The minimum atomic E-state index is -0.201. The summed E-state index contributed by atoms with van der Waals surface area (Å²) >= 11 is 0. The van der Waals surface area contributed by atoms with Gasteiger partial charge in [-0.15, -0.1) is 12.4 Å². The van der Waals surface area contributed by atoms with E-state index >= 15 is 0 Å². The van der Waals surface area contributed by atoms with Gasteiger partial charge in [0.2, 0.25) is 0 Å². The number of hydrogen-bond donors (Lipinski definition) is 1. The van der Waals surface area contributed by atoms with Crippen molar-refractivity contribution in [2.45, 2.75) is 38.6 Å². The van der Waals surface area contributed by atoms with Gasteiger partial charge < -0.3 is 14.7 Å². The molecule has 1 fully saturated rings. The zero-order valence-electron chi connectivity index (χ0n) is 15.1. The Labute approximate surface area is 154 Å². The normalized spacial score (nSPS) is 17.2. The van der Waals surface area contributed by atoms with Crippen LogP contribution in [0.25, 0.3) is 11.5 Å². The fraction of sp³-hybridized carbons (Fsp3) is 0.500. The number of nitrogens with one attached hydrogen (secondary N) is 1. The van der Waals surface area contributed by atoms with E-state index in [1.807, 2.05) is 52.1 Å². The largest absolute Gasteiger partial charge is 0.337 e. The number of carbonyl (C=O) groups is 1. The van der Waals surface area contributed by atoms with Crippen molar-refractivity contribution in [1.29, 1.82) is 0 Å². The van der Waals surface area contributed by atoms with E-state index in [0.29, 0.717) is 22.8 Å². The summed E-state index contributed by atoms with van der Waals surface area (Å²) in [5, 5.41) is 7.36. The number of rotatable bonds is 3. The van der Waals surface area contributed by atoms with E-state index in [9.17, 15) is 4.79 Å². The van der Waals surface area contributed by atoms with Crippen molar-refractivity contribution in [3.63, 3.8) is 0 Å². The predicted molar refractivity (Wildman–Crippen MR) is 99.1 cm³/mol. The highest BCUT2D eigenvalue weighted by atomic mass is 35.5. The predicted octanol–water partition coefficient (Wildman–Crippen LogP) is 2.89. The molecule has 1 aromatic carbocycles. The Balaban J connectivity index is 0.00000225. The van der Waals surface area contributed by atoms with Gasteiger partial charge >= 0.3 is 0 Å². The molecule has 136 valence electrons. The molecule has 1 aliphatic rings. The molecule has 1 saturated heterocycles. The van der Waals surface area contributed by atoms with Crippen LogP contribution in [0.3, 0.4) is 0 Å². The zero-order chi connectivity index (χ0) is 17.3. The second-order valence-corrected chi connectivity index (χ2v) is 7.28. The number of benzene rings is 1. The number of likely N-dealkylation sites (N-methyl/N-ethyl adjacent to an activating group) is 1. The first-order valence-electron chi connectivity index (χ1n) is 8.29. The average Bonchev–Trinajstić information content (AvgIpc) is 3.24. The molecule has 25 heavy (non-hydrogen) atoms. The molecule has 0 spiro atoms. The van der Waals surface area contributed by atoms with Gasteiger partial charge in [0.15, 0.2) is 5.82 Å². The molecule has 0 radical (unpaired) electrons. The molecule has 1 aromatic heterocycles. The van der Waals surface area contributed by atoms with Gasteiger partial charge in [-0.05, 0) is 25.1 Å². The van der Waals surface area contributed by atoms with Crippen LogP contribution < -0.4 is 5.32 Å². The molecule has 2 heterocycles. The third-order valence-electron chi connectivity index (χ3n) is 4.39. The van der Waals surface area contributed by atoms with E-state index in [4.69, 9.17) is 4.52 Å². The molecule has 1 amide bonds. The lowest BCUT2D eigenvalue weighted by Crippen LogP contribution is -2.38. The minimum absolute atomic E-state index is 0. The van der Waals surface area contributed by atoms with Crippen LogP contribution in [-0.4, -0.2) is 47.1 Å². The maximum absolute atomic E-state index is 12.9. The second kappa shape index (κ2) is 7.54. The van der Waals surface area contributed by atoms with Crippen molar-refractivity contribution in [2.75, 3.05) is 20.1 Å². The molecule has 7 heteroatoms. The number of aromatic nitrogens is 2. The topological polar surface area (TPSA) is 71.3 Å². The van der Waals surface area contributed by atoms with Gasteiger partial charge in [0, 0.05) is 25.0 Å². The van der Waals surface area contributed by atoms with E-state index in [-0.39, 0.29) is 29.8 Å². The van der Waals surface area contributed by atoms with Crippen LogP contribution in [0.1, 0.15) is 43.4 Å². The summed E-state index contributed by atoms with van der Waals surface area (Å²) < 4.78 is 5.43. The Bertz CT molecular complexity index is 733. The second-order valence-electron chi connectivity index (χ2n) is 7.28. The van der Waals surface area contributed by atoms with Crippen LogP contribution in [-0.2, 0) is 5.41 Å². The first-order valence-corrected chi connectivity index (χ1v) is 8.29. The standard InChI is InChI=1S/C18H24N4O2.ClH/c1-18(2,3)17-20-15(24-21-17)13-7-5-6-8-14(13)16(23)22(4)12-9-10-19-11-12;/h5-8,12,19H,9-11H2,1-4H3;1H. The number of halogens is 1. The van der Waals surface area contributed by atoms with E-state index in [1.165, 1.54) is 0 Å². The molecule has 1 aliphatic heterocycles. The van der Waals surface area contributed by atoms with E-state index < -0.39 is 0 Å². The highest BCUT2D eigenvalue weighted by molar-refractivity contribution is 6.00. The van der Waals surface area contributed by atoms with E-state index in [2.05, 4.69) is 15.5 Å². The Morgan fingerprint density at radius 2 is 2.04 bits per heavy atom. The van der Waals surface area contributed by atoms with Gasteiger partial charge in [-0.1, -0.05) is 38.1 Å². The Morgan fingerprint density at radius 3 is 2.64 bits per heavy atom. The van der Waals surface area contributed by atoms with E-state index in [1.54, 1.807) is 4.90 Å². The third-order valence-corrected chi connectivity index (χ3v) is 4.39. The molecule has 1 atom stereocenters. The fourth-order valence-electron chi connectivity index (χ4n) is 2.82. The van der Waals surface area contributed by atoms with Crippen molar-refractivity contribution in [1.82, 2.24) is 20.4 Å². The molecule has 1 unspecified atom stereocenters. The summed E-state index contributed by atoms with van der Waals surface area (Å²) in [6.07, 6.45) is 0.971. The van der Waals surface area contributed by atoms with Crippen LogP contribution in [0.2, 0.25) is 0 Å². The maximum Gasteiger partial charge on any atom is 0.258 e. The molecule has 2 aromatic rings. The summed E-state index contributed by atoms with van der Waals surface area (Å²) in [5.41, 5.74) is 1.08. The van der Waals surface area contributed by atoms with Crippen LogP contribution in [0.5, 0.6) is 0 Å². The van der Waals surface area contributed by atoms with Crippen molar-refractivity contribution in [3.05, 3.63) is 35.7 Å². The molecule has 0 saturated carbocycles. The van der Waals surface area contributed by atoms with E-state index in [0.717, 1.165) is 19.5 Å². The van der Waals surface area contributed by atoms with Crippen LogP contribution in [0.4, 0.5) is 0 Å². The summed E-state index contributed by atoms with van der Waals surface area (Å²) in [7, 11) is 1.85. The van der Waals surface area contributed by atoms with Gasteiger partial charge in [0.1, 0.15) is 0 Å². The van der Waals surface area contributed by atoms with Gasteiger partial charge in [-0.3, -0.25) is 4.79 Å². The van der Waals surface area contributed by atoms with Gasteiger partial charge in [-0.2, -0.15) is 4.98 Å². The average molecular weight is 365 g/mol. The molecule has 0 aliphatic carbocycles. The number of hydrogen-bond acceptors (Lipinski definition) is 5. The lowest BCUT2D eigenvalue weighted by Gasteiger charge is -2.24. The van der Waals surface area contributed by atoms with Gasteiger partial charge in [0.05, 0.1) is 11.1 Å². The Hall–Kier alpha value is -1.92. The fourth-order valence-corrected chi connectivity index (χ4v) is 2.82. The summed E-state index contributed by atoms with van der Waals surface area (Å²) in [4.78, 5) is 19.2. The van der Waals surface area contributed by atoms with Crippen molar-refractivity contribution >= 4 is 18.3 Å². The maximum atomic E-state index is 12.9. The highest BCUT2D eigenvalue weighted by Crippen LogP contribution is 2.27. The molecular weight excluding hydrogens is 340 g/mol. The first-order chi connectivity index (χ1) is 11.4.